The van der Waals surface area contributed by atoms with Gasteiger partial charge < -0.3 is 20.1 Å². The number of nitrogens with one attached hydrogen (secondary N) is 1. The second kappa shape index (κ2) is 4.60. The molecule has 4 rings (SSSR count). The number of aliphatic carboxylic acids is 1. The molecule has 6 nitrogen and oxygen atoms in total. The fourth-order valence-electron chi connectivity index (χ4n) is 5.17. The molecule has 6 heteroatoms. The van der Waals surface area contributed by atoms with E-state index in [0.29, 0.717) is 30.8 Å². The number of hydrogen-bond donors (Lipinski definition) is 2. The molecule has 4 aliphatic rings. The van der Waals surface area contributed by atoms with Gasteiger partial charge in [-0.25, -0.2) is 9.59 Å². The average molecular weight is 294 g/mol. The second-order valence-electron chi connectivity index (χ2n) is 7.06. The summed E-state index contributed by atoms with van der Waals surface area (Å²) in [7, 11) is 1.56. The Morgan fingerprint density at radius 3 is 2.43 bits per heavy atom. The van der Waals surface area contributed by atoms with E-state index in [0.717, 1.165) is 11.8 Å². The van der Waals surface area contributed by atoms with Crippen LogP contribution in [0.25, 0.3) is 0 Å². The highest BCUT2D eigenvalue weighted by atomic mass is 16.5. The van der Waals surface area contributed by atoms with Gasteiger partial charge in [-0.3, -0.25) is 0 Å². The van der Waals surface area contributed by atoms with E-state index in [1.54, 1.807) is 7.11 Å². The molecule has 6 atom stereocenters. The number of likely N-dealkylation sites (tertiary alicyclic amines) is 1. The zero-order valence-corrected chi connectivity index (χ0v) is 12.2. The number of fused-ring (bicyclic) bond motifs is 5. The molecule has 1 aliphatic heterocycles. The van der Waals surface area contributed by atoms with E-state index < -0.39 is 12.0 Å². The lowest BCUT2D eigenvalue weighted by molar-refractivity contribution is -0.141. The van der Waals surface area contributed by atoms with Gasteiger partial charge in [0.15, 0.2) is 0 Å². The third kappa shape index (κ3) is 1.95. The highest BCUT2D eigenvalue weighted by molar-refractivity contribution is 5.84. The minimum Gasteiger partial charge on any atom is -0.480 e. The molecule has 21 heavy (non-hydrogen) atoms. The quantitative estimate of drug-likeness (QED) is 0.811. The second-order valence-corrected chi connectivity index (χ2v) is 7.06. The molecular weight excluding hydrogens is 272 g/mol. The number of urea groups is 1. The number of amides is 2. The Morgan fingerprint density at radius 2 is 1.86 bits per heavy atom. The first-order valence-electron chi connectivity index (χ1n) is 7.93. The van der Waals surface area contributed by atoms with E-state index in [1.807, 2.05) is 0 Å². The van der Waals surface area contributed by atoms with Crippen molar-refractivity contribution in [3.8, 4) is 0 Å². The molecule has 3 aliphatic carbocycles. The van der Waals surface area contributed by atoms with Crippen LogP contribution >= 0.6 is 0 Å². The molecule has 116 valence electrons. The number of methoxy groups -OCH3 is 1. The van der Waals surface area contributed by atoms with Gasteiger partial charge in [-0.05, 0) is 42.9 Å². The van der Waals surface area contributed by atoms with Crippen molar-refractivity contribution in [1.29, 1.82) is 0 Å². The molecule has 6 unspecified atom stereocenters. The highest BCUT2D eigenvalue weighted by Gasteiger charge is 2.65. The average Bonchev–Trinajstić information content (AvgIpc) is 2.91. The van der Waals surface area contributed by atoms with Crippen LogP contribution in [0.15, 0.2) is 0 Å². The molecule has 1 heterocycles. The summed E-state index contributed by atoms with van der Waals surface area (Å²) in [6.45, 7) is 0.369. The Morgan fingerprint density at radius 1 is 1.19 bits per heavy atom. The van der Waals surface area contributed by atoms with Crippen molar-refractivity contribution < 1.29 is 19.4 Å². The standard InChI is InChI=1S/C15H22N2O4/c1-21-9-5-10(14(18)19)17(6-9)15(20)16-13-11-7-2-3-8(4-7)12(11)13/h7-13H,2-6H2,1H3,(H,16,20)(H,18,19). The van der Waals surface area contributed by atoms with Gasteiger partial charge in [0.2, 0.25) is 0 Å². The van der Waals surface area contributed by atoms with Crippen LogP contribution in [0.1, 0.15) is 25.7 Å². The third-order valence-electron chi connectivity index (χ3n) is 6.17. The van der Waals surface area contributed by atoms with E-state index in [4.69, 9.17) is 4.74 Å². The van der Waals surface area contributed by atoms with Gasteiger partial charge in [0.1, 0.15) is 6.04 Å². The van der Waals surface area contributed by atoms with Gasteiger partial charge >= 0.3 is 12.0 Å². The SMILES string of the molecule is COC1CC(C(=O)O)N(C(=O)NC2C3C4CCC(C4)C23)C1. The molecule has 0 aromatic heterocycles. The first-order valence-corrected chi connectivity index (χ1v) is 7.93. The summed E-state index contributed by atoms with van der Waals surface area (Å²) in [5.41, 5.74) is 0. The molecule has 0 spiro atoms. The van der Waals surface area contributed by atoms with Crippen molar-refractivity contribution in [2.75, 3.05) is 13.7 Å². The van der Waals surface area contributed by atoms with Crippen LogP contribution in [0.5, 0.6) is 0 Å². The van der Waals surface area contributed by atoms with E-state index in [2.05, 4.69) is 5.32 Å². The van der Waals surface area contributed by atoms with Crippen molar-refractivity contribution in [2.24, 2.45) is 23.7 Å². The molecule has 0 radical (unpaired) electrons. The molecule has 0 aromatic carbocycles. The number of ether oxygens (including phenoxy) is 1. The number of carbonyl (C=O) groups excluding carboxylic acids is 1. The Balaban J connectivity index is 1.40. The van der Waals surface area contributed by atoms with Crippen molar-refractivity contribution >= 4 is 12.0 Å². The lowest BCUT2D eigenvalue weighted by Gasteiger charge is -2.22. The van der Waals surface area contributed by atoms with E-state index in [-0.39, 0.29) is 12.1 Å². The van der Waals surface area contributed by atoms with Crippen LogP contribution in [-0.2, 0) is 9.53 Å². The van der Waals surface area contributed by atoms with E-state index in [1.165, 1.54) is 24.2 Å². The molecule has 2 bridgehead atoms. The number of hydrogen-bond acceptors (Lipinski definition) is 3. The van der Waals surface area contributed by atoms with Crippen molar-refractivity contribution in [3.63, 3.8) is 0 Å². The van der Waals surface area contributed by atoms with Crippen LogP contribution in [-0.4, -0.2) is 53.8 Å². The summed E-state index contributed by atoms with van der Waals surface area (Å²) in [5, 5.41) is 12.4. The van der Waals surface area contributed by atoms with Gasteiger partial charge in [-0.2, -0.15) is 0 Å². The topological polar surface area (TPSA) is 78.9 Å². The van der Waals surface area contributed by atoms with Gasteiger partial charge in [0.25, 0.3) is 0 Å². The first kappa shape index (κ1) is 13.4. The number of carbonyl (C=O) groups is 2. The Kier molecular flexibility index (Phi) is 2.93. The maximum Gasteiger partial charge on any atom is 0.326 e. The third-order valence-corrected chi connectivity index (χ3v) is 6.17. The monoisotopic (exact) mass is 294 g/mol. The smallest absolute Gasteiger partial charge is 0.326 e. The lowest BCUT2D eigenvalue weighted by Crippen LogP contribution is -2.47. The molecule has 3 saturated carbocycles. The number of rotatable bonds is 3. The molecule has 1 saturated heterocycles. The number of carboxylic acid groups (broad SMARTS) is 1. The zero-order chi connectivity index (χ0) is 14.7. The summed E-state index contributed by atoms with van der Waals surface area (Å²) in [6.07, 6.45) is 4.17. The molecule has 0 aromatic rings. The molecular formula is C15H22N2O4. The van der Waals surface area contributed by atoms with Crippen LogP contribution < -0.4 is 5.32 Å². The van der Waals surface area contributed by atoms with Crippen molar-refractivity contribution in [2.45, 2.75) is 43.9 Å². The van der Waals surface area contributed by atoms with Gasteiger partial charge in [0, 0.05) is 26.1 Å². The summed E-state index contributed by atoms with van der Waals surface area (Å²) in [4.78, 5) is 25.2. The lowest BCUT2D eigenvalue weighted by atomic mass is 10.0. The predicted octanol–water partition coefficient (Wildman–Crippen LogP) is 0.914. The summed E-state index contributed by atoms with van der Waals surface area (Å²) < 4.78 is 5.23. The summed E-state index contributed by atoms with van der Waals surface area (Å²) >= 11 is 0. The minimum atomic E-state index is -0.944. The van der Waals surface area contributed by atoms with Crippen LogP contribution in [0.4, 0.5) is 4.79 Å². The van der Waals surface area contributed by atoms with Crippen LogP contribution in [0.2, 0.25) is 0 Å². The fraction of sp³-hybridized carbons (Fsp3) is 0.867. The molecule has 4 fully saturated rings. The minimum absolute atomic E-state index is 0.174. The predicted molar refractivity (Wildman–Crippen MR) is 73.7 cm³/mol. The molecule has 2 N–H and O–H groups in total. The van der Waals surface area contributed by atoms with Gasteiger partial charge in [-0.1, -0.05) is 0 Å². The number of nitrogens with zero attached hydrogens (tertiary/aromatic N) is 1. The normalized spacial score (nSPS) is 46.5. The Labute approximate surface area is 123 Å². The van der Waals surface area contributed by atoms with Crippen molar-refractivity contribution in [1.82, 2.24) is 10.2 Å². The first-order chi connectivity index (χ1) is 10.1. The van der Waals surface area contributed by atoms with Crippen molar-refractivity contribution in [3.05, 3.63) is 0 Å². The summed E-state index contributed by atoms with van der Waals surface area (Å²) in [6, 6.07) is -0.689. The number of carboxylic acids is 1. The Hall–Kier alpha value is -1.30. The zero-order valence-electron chi connectivity index (χ0n) is 12.2. The highest BCUT2D eigenvalue weighted by Crippen LogP contribution is 2.65. The largest absolute Gasteiger partial charge is 0.480 e. The van der Waals surface area contributed by atoms with Gasteiger partial charge in [-0.15, -0.1) is 0 Å². The maximum absolute atomic E-state index is 12.4. The summed E-state index contributed by atoms with van der Waals surface area (Å²) in [5.74, 6) is 1.98. The molecule has 2 amide bonds. The fourth-order valence-corrected chi connectivity index (χ4v) is 5.17. The van der Waals surface area contributed by atoms with Gasteiger partial charge in [0.05, 0.1) is 6.10 Å². The van der Waals surface area contributed by atoms with Crippen LogP contribution in [0.3, 0.4) is 0 Å². The Bertz CT molecular complexity index is 466. The van der Waals surface area contributed by atoms with E-state index >= 15 is 0 Å². The maximum atomic E-state index is 12.4. The van der Waals surface area contributed by atoms with E-state index in [9.17, 15) is 14.7 Å². The van der Waals surface area contributed by atoms with Crippen LogP contribution in [0, 0.1) is 23.7 Å².